The molecule has 1 unspecified atom stereocenters. The number of Topliss-reactive ketones (excluding diaryl/α,β-unsaturated/α-hetero) is 1. The van der Waals surface area contributed by atoms with E-state index in [4.69, 9.17) is 18.9 Å². The molecule has 174 valence electrons. The van der Waals surface area contributed by atoms with Crippen LogP contribution in [0.3, 0.4) is 0 Å². The molecule has 0 aromatic heterocycles. The predicted molar refractivity (Wildman–Crippen MR) is 124 cm³/mol. The van der Waals surface area contributed by atoms with E-state index in [2.05, 4.69) is 16.3 Å². The van der Waals surface area contributed by atoms with E-state index in [1.54, 1.807) is 46.6 Å². The Bertz CT molecular complexity index is 896. The summed E-state index contributed by atoms with van der Waals surface area (Å²) in [6, 6.07) is 11.5. The van der Waals surface area contributed by atoms with E-state index in [0.29, 0.717) is 35.1 Å². The van der Waals surface area contributed by atoms with Gasteiger partial charge in [0.2, 0.25) is 0 Å². The van der Waals surface area contributed by atoms with Gasteiger partial charge in [-0.15, -0.1) is 0 Å². The van der Waals surface area contributed by atoms with E-state index >= 15 is 0 Å². The summed E-state index contributed by atoms with van der Waals surface area (Å²) in [4.78, 5) is 15.3. The van der Waals surface area contributed by atoms with Crippen LogP contribution in [-0.2, 0) is 0 Å². The number of nitrogens with zero attached hydrogens (tertiary/aromatic N) is 1. The van der Waals surface area contributed by atoms with Gasteiger partial charge >= 0.3 is 0 Å². The molecule has 2 aromatic rings. The molecule has 2 aromatic carbocycles. The predicted octanol–water partition coefficient (Wildman–Crippen LogP) is 3.72. The Labute approximate surface area is 190 Å². The van der Waals surface area contributed by atoms with Gasteiger partial charge in [-0.1, -0.05) is 12.5 Å². The first-order valence-electron chi connectivity index (χ1n) is 11.0. The number of benzene rings is 2. The molecule has 0 spiro atoms. The van der Waals surface area contributed by atoms with Gasteiger partial charge in [0, 0.05) is 18.2 Å². The maximum Gasteiger partial charge on any atom is 0.176 e. The van der Waals surface area contributed by atoms with Crippen molar-refractivity contribution in [1.82, 2.24) is 10.2 Å². The minimum atomic E-state index is 0.00987. The smallest absolute Gasteiger partial charge is 0.176 e. The second-order valence-corrected chi connectivity index (χ2v) is 7.85. The molecule has 7 nitrogen and oxygen atoms in total. The van der Waals surface area contributed by atoms with E-state index < -0.39 is 0 Å². The highest BCUT2D eigenvalue weighted by molar-refractivity contribution is 5.98. The highest BCUT2D eigenvalue weighted by atomic mass is 16.5. The van der Waals surface area contributed by atoms with E-state index in [-0.39, 0.29) is 18.4 Å². The third-order valence-corrected chi connectivity index (χ3v) is 5.95. The zero-order chi connectivity index (χ0) is 22.9. The van der Waals surface area contributed by atoms with Crippen LogP contribution in [0.1, 0.15) is 41.2 Å². The first-order chi connectivity index (χ1) is 15.6. The van der Waals surface area contributed by atoms with Crippen molar-refractivity contribution < 1.29 is 23.7 Å². The third kappa shape index (κ3) is 5.72. The summed E-state index contributed by atoms with van der Waals surface area (Å²) in [5.41, 5.74) is 1.74. The highest BCUT2D eigenvalue weighted by Crippen LogP contribution is 2.33. The van der Waals surface area contributed by atoms with Crippen LogP contribution in [-0.4, -0.2) is 65.3 Å². The second kappa shape index (κ2) is 11.7. The molecular weight excluding hydrogens is 408 g/mol. The van der Waals surface area contributed by atoms with Crippen LogP contribution in [0.2, 0.25) is 0 Å². The largest absolute Gasteiger partial charge is 0.493 e. The van der Waals surface area contributed by atoms with Crippen LogP contribution in [0.25, 0.3) is 0 Å². The van der Waals surface area contributed by atoms with Gasteiger partial charge in [0.05, 0.1) is 35.0 Å². The average Bonchev–Trinajstić information content (AvgIpc) is 2.86. The molecule has 0 saturated carbocycles. The minimum absolute atomic E-state index is 0.00987. The number of ketones is 1. The van der Waals surface area contributed by atoms with Gasteiger partial charge in [-0.2, -0.15) is 0 Å². The number of rotatable bonds is 11. The zero-order valence-electron chi connectivity index (χ0n) is 19.5. The molecule has 0 bridgehead atoms. The van der Waals surface area contributed by atoms with Crippen molar-refractivity contribution in [3.05, 3.63) is 47.5 Å². The highest BCUT2D eigenvalue weighted by Gasteiger charge is 2.23. The number of carbonyl (C=O) groups excluding carboxylic acids is 1. The van der Waals surface area contributed by atoms with Crippen molar-refractivity contribution in [2.45, 2.75) is 25.3 Å². The van der Waals surface area contributed by atoms with E-state index in [1.807, 2.05) is 12.1 Å². The van der Waals surface area contributed by atoms with E-state index in [9.17, 15) is 4.79 Å². The molecule has 1 N–H and O–H groups in total. The van der Waals surface area contributed by atoms with Crippen molar-refractivity contribution in [2.24, 2.45) is 0 Å². The van der Waals surface area contributed by atoms with Crippen LogP contribution in [0.15, 0.2) is 36.4 Å². The fraction of sp³-hybridized carbons (Fsp3) is 0.480. The number of hydrogen-bond donors (Lipinski definition) is 1. The molecule has 7 heteroatoms. The van der Waals surface area contributed by atoms with Crippen LogP contribution < -0.4 is 24.3 Å². The molecule has 1 fully saturated rings. The minimum Gasteiger partial charge on any atom is -0.493 e. The number of likely N-dealkylation sites (tertiary alicyclic amines) is 1. The molecular formula is C25H34N2O5. The van der Waals surface area contributed by atoms with E-state index in [1.165, 1.54) is 19.3 Å². The SMILES string of the molecule is COc1ccc(C(=O)CNCC(c2ccc(OC)c(OC)c2)N2CCCCC2)cc1OC. The van der Waals surface area contributed by atoms with Gasteiger partial charge in [-0.25, -0.2) is 0 Å². The van der Waals surface area contributed by atoms with E-state index in [0.717, 1.165) is 18.7 Å². The van der Waals surface area contributed by atoms with Crippen molar-refractivity contribution in [1.29, 1.82) is 0 Å². The fourth-order valence-electron chi connectivity index (χ4n) is 4.18. The molecule has 1 atom stereocenters. The van der Waals surface area contributed by atoms with Crippen LogP contribution in [0.4, 0.5) is 0 Å². The lowest BCUT2D eigenvalue weighted by molar-refractivity contribution is 0.0983. The lowest BCUT2D eigenvalue weighted by Crippen LogP contribution is -2.40. The quantitative estimate of drug-likeness (QED) is 0.532. The summed E-state index contributed by atoms with van der Waals surface area (Å²) in [7, 11) is 6.44. The molecule has 1 heterocycles. The number of hydrogen-bond acceptors (Lipinski definition) is 7. The Hall–Kier alpha value is -2.77. The first kappa shape index (κ1) is 23.9. The molecule has 3 rings (SSSR count). The molecule has 1 aliphatic heterocycles. The fourth-order valence-corrected chi connectivity index (χ4v) is 4.18. The van der Waals surface area contributed by atoms with Crippen molar-refractivity contribution in [2.75, 3.05) is 54.6 Å². The topological polar surface area (TPSA) is 69.3 Å². The number of carbonyl (C=O) groups is 1. The van der Waals surface area contributed by atoms with Crippen LogP contribution in [0.5, 0.6) is 23.0 Å². The first-order valence-corrected chi connectivity index (χ1v) is 11.0. The number of methoxy groups -OCH3 is 4. The van der Waals surface area contributed by atoms with Gasteiger partial charge in [0.15, 0.2) is 28.8 Å². The lowest BCUT2D eigenvalue weighted by atomic mass is 10.0. The maximum atomic E-state index is 12.8. The summed E-state index contributed by atoms with van der Waals surface area (Å²) >= 11 is 0. The second-order valence-electron chi connectivity index (χ2n) is 7.85. The van der Waals surface area contributed by atoms with Crippen LogP contribution >= 0.6 is 0 Å². The van der Waals surface area contributed by atoms with Crippen molar-refractivity contribution in [3.63, 3.8) is 0 Å². The van der Waals surface area contributed by atoms with Gasteiger partial charge in [-0.3, -0.25) is 9.69 Å². The summed E-state index contributed by atoms with van der Waals surface area (Å²) in [5, 5.41) is 3.38. The Morgan fingerprint density at radius 1 is 0.844 bits per heavy atom. The molecule has 0 aliphatic carbocycles. The summed E-state index contributed by atoms with van der Waals surface area (Å²) in [5.74, 6) is 2.60. The van der Waals surface area contributed by atoms with Crippen molar-refractivity contribution >= 4 is 5.78 Å². The average molecular weight is 443 g/mol. The monoisotopic (exact) mass is 442 g/mol. The van der Waals surface area contributed by atoms with Gasteiger partial charge in [-0.05, 0) is 61.8 Å². The van der Waals surface area contributed by atoms with Gasteiger partial charge in [0.1, 0.15) is 0 Å². The standard InChI is InChI=1S/C25H34N2O5/c1-29-22-10-8-18(14-24(22)31-3)20(27-12-6-5-7-13-27)16-26-17-21(28)19-9-11-23(30-2)25(15-19)32-4/h8-11,14-15,20,26H,5-7,12-13,16-17H2,1-4H3. The Kier molecular flexibility index (Phi) is 8.76. The van der Waals surface area contributed by atoms with Gasteiger partial charge in [0.25, 0.3) is 0 Å². The lowest BCUT2D eigenvalue weighted by Gasteiger charge is -2.35. The van der Waals surface area contributed by atoms with Gasteiger partial charge < -0.3 is 24.3 Å². The molecule has 1 saturated heterocycles. The third-order valence-electron chi connectivity index (χ3n) is 5.95. The summed E-state index contributed by atoms with van der Waals surface area (Å²) in [6.45, 7) is 3.00. The maximum absolute atomic E-state index is 12.8. The summed E-state index contributed by atoms with van der Waals surface area (Å²) in [6.07, 6.45) is 3.64. The Balaban J connectivity index is 1.71. The molecule has 0 amide bonds. The van der Waals surface area contributed by atoms with Crippen molar-refractivity contribution in [3.8, 4) is 23.0 Å². The normalized spacial score (nSPS) is 15.1. The Morgan fingerprint density at radius 2 is 1.44 bits per heavy atom. The van der Waals surface area contributed by atoms with Crippen LogP contribution in [0, 0.1) is 0 Å². The molecule has 1 aliphatic rings. The number of piperidine rings is 1. The number of ether oxygens (including phenoxy) is 4. The summed E-state index contributed by atoms with van der Waals surface area (Å²) < 4.78 is 21.5. The zero-order valence-corrected chi connectivity index (χ0v) is 19.5. The molecule has 32 heavy (non-hydrogen) atoms. The molecule has 0 radical (unpaired) electrons. The number of nitrogens with one attached hydrogen (secondary N) is 1. The Morgan fingerprint density at radius 3 is 2.06 bits per heavy atom.